The lowest BCUT2D eigenvalue weighted by Gasteiger charge is -2.29. The zero-order valence-electron chi connectivity index (χ0n) is 16.6. The Kier molecular flexibility index (Phi) is 5.99. The Morgan fingerprint density at radius 2 is 1.79 bits per heavy atom. The minimum Gasteiger partial charge on any atom is -0.299 e. The van der Waals surface area contributed by atoms with Gasteiger partial charge in [-0.05, 0) is 38.0 Å². The smallest absolute Gasteiger partial charge is 0.249 e. The summed E-state index contributed by atoms with van der Waals surface area (Å²) in [5.74, 6) is -0.480. The number of rotatable bonds is 6. The highest BCUT2D eigenvalue weighted by molar-refractivity contribution is 7.92. The van der Waals surface area contributed by atoms with Crippen LogP contribution in [0, 0.1) is 13.8 Å². The van der Waals surface area contributed by atoms with Crippen LogP contribution in [0.25, 0.3) is 10.6 Å². The maximum atomic E-state index is 12.8. The van der Waals surface area contributed by atoms with Crippen molar-refractivity contribution >= 4 is 38.1 Å². The summed E-state index contributed by atoms with van der Waals surface area (Å²) < 4.78 is 26.1. The van der Waals surface area contributed by atoms with E-state index in [2.05, 4.69) is 15.5 Å². The lowest BCUT2D eigenvalue weighted by atomic mass is 10.1. The predicted octanol–water partition coefficient (Wildman–Crippen LogP) is 3.62. The molecule has 7 nitrogen and oxygen atoms in total. The van der Waals surface area contributed by atoms with Gasteiger partial charge in [-0.2, -0.15) is 0 Å². The first-order valence-corrected chi connectivity index (χ1v) is 11.6. The van der Waals surface area contributed by atoms with Gasteiger partial charge in [0, 0.05) is 5.56 Å². The van der Waals surface area contributed by atoms with Crippen LogP contribution in [0.2, 0.25) is 0 Å². The number of amides is 1. The quantitative estimate of drug-likeness (QED) is 0.645. The normalized spacial score (nSPS) is 12.4. The van der Waals surface area contributed by atoms with Gasteiger partial charge < -0.3 is 0 Å². The van der Waals surface area contributed by atoms with Crippen LogP contribution in [0.15, 0.2) is 48.5 Å². The van der Waals surface area contributed by atoms with E-state index in [1.165, 1.54) is 11.3 Å². The monoisotopic (exact) mass is 430 g/mol. The molecule has 0 radical (unpaired) electrons. The summed E-state index contributed by atoms with van der Waals surface area (Å²) >= 11 is 1.23. The number of aromatic nitrogens is 2. The van der Waals surface area contributed by atoms with Gasteiger partial charge >= 0.3 is 0 Å². The maximum Gasteiger partial charge on any atom is 0.249 e. The van der Waals surface area contributed by atoms with E-state index in [1.807, 2.05) is 56.3 Å². The van der Waals surface area contributed by atoms with Crippen LogP contribution in [0.4, 0.5) is 10.8 Å². The van der Waals surface area contributed by atoms with Crippen LogP contribution >= 0.6 is 11.3 Å². The molecule has 3 rings (SSSR count). The Morgan fingerprint density at radius 3 is 2.45 bits per heavy atom. The number of sulfonamides is 1. The zero-order chi connectivity index (χ0) is 21.2. The van der Waals surface area contributed by atoms with Crippen molar-refractivity contribution in [3.8, 4) is 10.6 Å². The van der Waals surface area contributed by atoms with Gasteiger partial charge in [0.05, 0.1) is 11.9 Å². The van der Waals surface area contributed by atoms with Crippen LogP contribution in [-0.4, -0.2) is 36.8 Å². The van der Waals surface area contributed by atoms with Gasteiger partial charge in [0.1, 0.15) is 11.0 Å². The zero-order valence-corrected chi connectivity index (χ0v) is 18.2. The molecule has 1 aromatic heterocycles. The molecule has 9 heteroatoms. The molecule has 0 unspecified atom stereocenters. The van der Waals surface area contributed by atoms with Crippen molar-refractivity contribution in [2.24, 2.45) is 0 Å². The molecule has 152 valence electrons. The second-order valence-corrected chi connectivity index (χ2v) is 9.63. The predicted molar refractivity (Wildman–Crippen MR) is 117 cm³/mol. The van der Waals surface area contributed by atoms with Crippen molar-refractivity contribution in [2.45, 2.75) is 26.8 Å². The molecule has 0 saturated heterocycles. The lowest BCUT2D eigenvalue weighted by molar-refractivity contribution is -0.116. The van der Waals surface area contributed by atoms with E-state index in [0.717, 1.165) is 27.3 Å². The van der Waals surface area contributed by atoms with Crippen molar-refractivity contribution in [1.29, 1.82) is 0 Å². The molecule has 1 amide bonds. The molecule has 1 heterocycles. The van der Waals surface area contributed by atoms with Gasteiger partial charge in [0.25, 0.3) is 0 Å². The molecule has 1 N–H and O–H groups in total. The molecule has 0 bridgehead atoms. The summed E-state index contributed by atoms with van der Waals surface area (Å²) in [6, 6.07) is 14.0. The van der Waals surface area contributed by atoms with Crippen LogP contribution in [-0.2, 0) is 14.8 Å². The van der Waals surface area contributed by atoms with Crippen molar-refractivity contribution < 1.29 is 13.2 Å². The average Bonchev–Trinajstić information content (AvgIpc) is 3.12. The Morgan fingerprint density at radius 1 is 1.10 bits per heavy atom. The molecular formula is C20H22N4O3S2. The summed E-state index contributed by atoms with van der Waals surface area (Å²) in [7, 11) is -3.69. The summed E-state index contributed by atoms with van der Waals surface area (Å²) in [6.45, 7) is 5.24. The van der Waals surface area contributed by atoms with Gasteiger partial charge in [-0.1, -0.05) is 53.8 Å². The third kappa shape index (κ3) is 4.80. The van der Waals surface area contributed by atoms with Gasteiger partial charge in [0.2, 0.25) is 21.1 Å². The number of nitrogens with zero attached hydrogens (tertiary/aromatic N) is 3. The lowest BCUT2D eigenvalue weighted by Crippen LogP contribution is -2.45. The minimum absolute atomic E-state index is 0.315. The fourth-order valence-electron chi connectivity index (χ4n) is 2.92. The SMILES string of the molecule is Cc1ccc(C)c(N([C@H](C)C(=O)Nc2nnc(-c3ccccc3)s2)S(C)(=O)=O)c1. The summed E-state index contributed by atoms with van der Waals surface area (Å²) in [5, 5.41) is 11.8. The molecular weight excluding hydrogens is 408 g/mol. The topological polar surface area (TPSA) is 92.3 Å². The van der Waals surface area contributed by atoms with E-state index in [1.54, 1.807) is 13.0 Å². The van der Waals surface area contributed by atoms with E-state index in [9.17, 15) is 13.2 Å². The van der Waals surface area contributed by atoms with Gasteiger partial charge in [-0.15, -0.1) is 10.2 Å². The second kappa shape index (κ2) is 8.30. The highest BCUT2D eigenvalue weighted by Crippen LogP contribution is 2.28. The van der Waals surface area contributed by atoms with Gasteiger partial charge in [-0.3, -0.25) is 14.4 Å². The summed E-state index contributed by atoms with van der Waals surface area (Å²) in [4.78, 5) is 12.8. The highest BCUT2D eigenvalue weighted by Gasteiger charge is 2.30. The number of anilines is 2. The third-order valence-electron chi connectivity index (χ3n) is 4.37. The molecule has 0 aliphatic heterocycles. The number of hydrogen-bond donors (Lipinski definition) is 1. The number of benzene rings is 2. The van der Waals surface area contributed by atoms with Gasteiger partial charge in [0.15, 0.2) is 0 Å². The standard InChI is InChI=1S/C20H22N4O3S2/c1-13-10-11-14(2)17(12-13)24(29(4,26)27)15(3)18(25)21-20-23-22-19(28-20)16-8-6-5-7-9-16/h5-12,15H,1-4H3,(H,21,23,25)/t15-/m1/s1. The molecule has 0 spiro atoms. The Labute approximate surface area is 174 Å². The number of aryl methyl sites for hydroxylation is 2. The molecule has 0 fully saturated rings. The Hall–Kier alpha value is -2.78. The van der Waals surface area contributed by atoms with Crippen molar-refractivity contribution in [2.75, 3.05) is 15.9 Å². The largest absolute Gasteiger partial charge is 0.299 e. The van der Waals surface area contributed by atoms with Gasteiger partial charge in [-0.25, -0.2) is 8.42 Å². The molecule has 2 aromatic carbocycles. The third-order valence-corrected chi connectivity index (χ3v) is 6.48. The van der Waals surface area contributed by atoms with Crippen molar-refractivity contribution in [3.63, 3.8) is 0 Å². The highest BCUT2D eigenvalue weighted by atomic mass is 32.2. The van der Waals surface area contributed by atoms with Crippen molar-refractivity contribution in [3.05, 3.63) is 59.7 Å². The second-order valence-electron chi connectivity index (χ2n) is 6.79. The first kappa shape index (κ1) is 20.9. The fraction of sp³-hybridized carbons (Fsp3) is 0.250. The summed E-state index contributed by atoms with van der Waals surface area (Å²) in [6.07, 6.45) is 1.09. The van der Waals surface area contributed by atoms with Crippen LogP contribution in [0.3, 0.4) is 0 Å². The molecule has 29 heavy (non-hydrogen) atoms. The van der Waals surface area contributed by atoms with Crippen LogP contribution in [0.5, 0.6) is 0 Å². The van der Waals surface area contributed by atoms with E-state index in [4.69, 9.17) is 0 Å². The number of carbonyl (C=O) groups is 1. The minimum atomic E-state index is -3.69. The molecule has 0 saturated carbocycles. The van der Waals surface area contributed by atoms with Crippen molar-refractivity contribution in [1.82, 2.24) is 10.2 Å². The molecule has 0 aliphatic carbocycles. The number of hydrogen-bond acceptors (Lipinski definition) is 6. The number of nitrogens with one attached hydrogen (secondary N) is 1. The van der Waals surface area contributed by atoms with Crippen LogP contribution in [0.1, 0.15) is 18.1 Å². The van der Waals surface area contributed by atoms with Crippen LogP contribution < -0.4 is 9.62 Å². The van der Waals surface area contributed by atoms with E-state index in [0.29, 0.717) is 15.8 Å². The van der Waals surface area contributed by atoms with E-state index < -0.39 is 22.0 Å². The van der Waals surface area contributed by atoms with E-state index >= 15 is 0 Å². The first-order chi connectivity index (χ1) is 13.7. The number of carbonyl (C=O) groups excluding carboxylic acids is 1. The Balaban J connectivity index is 1.85. The fourth-order valence-corrected chi connectivity index (χ4v) is 4.89. The van der Waals surface area contributed by atoms with E-state index in [-0.39, 0.29) is 0 Å². The molecule has 3 aromatic rings. The summed E-state index contributed by atoms with van der Waals surface area (Å²) in [5.41, 5.74) is 3.05. The molecule has 0 aliphatic rings. The average molecular weight is 431 g/mol. The molecule has 1 atom stereocenters. The Bertz CT molecular complexity index is 1130. The first-order valence-electron chi connectivity index (χ1n) is 8.93. The maximum absolute atomic E-state index is 12.8.